The number of nitrogens with one attached hydrogen (secondary N) is 1. The number of hydrogen-bond acceptors (Lipinski definition) is 11. The van der Waals surface area contributed by atoms with Crippen LogP contribution in [-0.2, 0) is 16.0 Å². The van der Waals surface area contributed by atoms with Gasteiger partial charge in [-0.05, 0) is 41.0 Å². The number of morpholine rings is 2. The Morgan fingerprint density at radius 1 is 0.655 bits per heavy atom. The largest absolute Gasteiger partial charge is 0.439 e. The maximum absolute atomic E-state index is 12.7. The Labute approximate surface area is 329 Å². The van der Waals surface area contributed by atoms with Gasteiger partial charge in [-0.1, -0.05) is 66.2 Å². The SMILES string of the molecule is O=C(NCc1ccccc1)c1ccc(-c2csc3c(=O)cc(N4CCOCC4)oc23)cc1.O=c1cc(N2CCOCC2)oc2c(-c3ccc(Cl)cc3)csc12. The van der Waals surface area contributed by atoms with E-state index >= 15 is 0 Å². The van der Waals surface area contributed by atoms with Gasteiger partial charge in [0.15, 0.2) is 22.9 Å². The van der Waals surface area contributed by atoms with Gasteiger partial charge in [-0.2, -0.15) is 0 Å². The van der Waals surface area contributed by atoms with Crippen molar-refractivity contribution in [1.29, 1.82) is 0 Å². The van der Waals surface area contributed by atoms with Crippen molar-refractivity contribution in [2.45, 2.75) is 6.54 Å². The molecule has 0 saturated carbocycles. The summed E-state index contributed by atoms with van der Waals surface area (Å²) in [5, 5.41) is 7.52. The zero-order valence-corrected chi connectivity index (χ0v) is 32.0. The maximum Gasteiger partial charge on any atom is 0.251 e. The molecule has 2 aliphatic heterocycles. The van der Waals surface area contributed by atoms with Crippen molar-refractivity contribution >= 4 is 72.5 Å². The Balaban J connectivity index is 0.000000164. The molecule has 3 aromatic carbocycles. The fourth-order valence-electron chi connectivity index (χ4n) is 6.45. The van der Waals surface area contributed by atoms with Gasteiger partial charge in [0.1, 0.15) is 9.40 Å². The molecule has 6 heterocycles. The summed E-state index contributed by atoms with van der Waals surface area (Å²) in [6, 6.07) is 27.9. The van der Waals surface area contributed by atoms with Crippen LogP contribution in [0.2, 0.25) is 5.02 Å². The second-order valence-electron chi connectivity index (χ2n) is 13.0. The highest BCUT2D eigenvalue weighted by Crippen LogP contribution is 2.36. The van der Waals surface area contributed by atoms with E-state index < -0.39 is 0 Å². The van der Waals surface area contributed by atoms with Crippen LogP contribution in [0.15, 0.2) is 120 Å². The van der Waals surface area contributed by atoms with Crippen LogP contribution in [0, 0.1) is 0 Å². The van der Waals surface area contributed by atoms with E-state index in [2.05, 4.69) is 5.32 Å². The predicted molar refractivity (Wildman–Crippen MR) is 220 cm³/mol. The monoisotopic (exact) mass is 793 g/mol. The van der Waals surface area contributed by atoms with Crippen LogP contribution in [0.4, 0.5) is 11.8 Å². The van der Waals surface area contributed by atoms with E-state index in [0.717, 1.165) is 40.9 Å². The number of fused-ring (bicyclic) bond motifs is 2. The first-order valence-corrected chi connectivity index (χ1v) is 20.0. The molecular weight excluding hydrogens is 758 g/mol. The lowest BCUT2D eigenvalue weighted by atomic mass is 10.1. The number of carbonyl (C=O) groups excluding carboxylic acids is 1. The van der Waals surface area contributed by atoms with Crippen molar-refractivity contribution < 1.29 is 23.1 Å². The molecule has 0 spiro atoms. The molecule has 0 unspecified atom stereocenters. The van der Waals surface area contributed by atoms with Crippen LogP contribution >= 0.6 is 34.3 Å². The number of nitrogens with zero attached hydrogens (tertiary/aromatic N) is 2. The fourth-order valence-corrected chi connectivity index (χ4v) is 8.40. The number of benzene rings is 3. The van der Waals surface area contributed by atoms with Crippen molar-refractivity contribution in [2.75, 3.05) is 62.4 Å². The van der Waals surface area contributed by atoms with E-state index in [1.54, 1.807) is 24.3 Å². The summed E-state index contributed by atoms with van der Waals surface area (Å²) in [5.74, 6) is 1.05. The Morgan fingerprint density at radius 3 is 1.62 bits per heavy atom. The maximum atomic E-state index is 12.7. The van der Waals surface area contributed by atoms with E-state index in [0.29, 0.717) is 89.0 Å². The quantitative estimate of drug-likeness (QED) is 0.170. The van der Waals surface area contributed by atoms with Gasteiger partial charge in [0.25, 0.3) is 5.91 Å². The number of thiophene rings is 2. The van der Waals surface area contributed by atoms with Crippen molar-refractivity contribution in [3.05, 3.63) is 138 Å². The van der Waals surface area contributed by atoms with Crippen LogP contribution in [0.5, 0.6) is 0 Å². The molecule has 2 aliphatic rings. The highest BCUT2D eigenvalue weighted by molar-refractivity contribution is 7.18. The first-order chi connectivity index (χ1) is 26.9. The number of anilines is 2. The van der Waals surface area contributed by atoms with Crippen molar-refractivity contribution in [1.82, 2.24) is 5.32 Å². The second-order valence-corrected chi connectivity index (χ2v) is 15.2. The summed E-state index contributed by atoms with van der Waals surface area (Å²) >= 11 is 8.74. The molecule has 10 nitrogen and oxygen atoms in total. The molecular formula is C42H36ClN3O7S2. The lowest BCUT2D eigenvalue weighted by molar-refractivity contribution is 0.0951. The van der Waals surface area contributed by atoms with Gasteiger partial charge in [-0.25, -0.2) is 0 Å². The second kappa shape index (κ2) is 16.6. The molecule has 2 fully saturated rings. The summed E-state index contributed by atoms with van der Waals surface area (Å²) in [5.41, 5.74) is 6.49. The van der Waals surface area contributed by atoms with E-state index in [9.17, 15) is 14.4 Å². The molecule has 1 amide bonds. The number of rotatable bonds is 7. The van der Waals surface area contributed by atoms with Crippen molar-refractivity contribution in [3.63, 3.8) is 0 Å². The third-order valence-corrected chi connectivity index (χ3v) is 11.6. The van der Waals surface area contributed by atoms with Gasteiger partial charge < -0.3 is 33.4 Å². The van der Waals surface area contributed by atoms with E-state index in [1.807, 2.05) is 87.3 Å². The Kier molecular flexibility index (Phi) is 11.1. The topological polar surface area (TPSA) is 114 Å². The molecule has 0 bridgehead atoms. The zero-order chi connectivity index (χ0) is 37.7. The molecule has 55 heavy (non-hydrogen) atoms. The molecule has 0 aliphatic carbocycles. The first-order valence-electron chi connectivity index (χ1n) is 17.9. The van der Waals surface area contributed by atoms with E-state index in [-0.39, 0.29) is 16.8 Å². The number of hydrogen-bond donors (Lipinski definition) is 1. The normalized spacial score (nSPS) is 14.5. The first kappa shape index (κ1) is 36.7. The van der Waals surface area contributed by atoms with Crippen LogP contribution in [0.3, 0.4) is 0 Å². The molecule has 1 N–H and O–H groups in total. The van der Waals surface area contributed by atoms with Crippen LogP contribution in [-0.4, -0.2) is 58.5 Å². The summed E-state index contributed by atoms with van der Waals surface area (Å²) in [4.78, 5) is 41.7. The number of carbonyl (C=O) groups is 1. The zero-order valence-electron chi connectivity index (χ0n) is 29.6. The molecule has 13 heteroatoms. The van der Waals surface area contributed by atoms with Crippen LogP contribution in [0.1, 0.15) is 15.9 Å². The Morgan fingerprint density at radius 2 is 1.13 bits per heavy atom. The molecule has 0 radical (unpaired) electrons. The predicted octanol–water partition coefficient (Wildman–Crippen LogP) is 8.30. The number of ether oxygens (including phenoxy) is 2. The van der Waals surface area contributed by atoms with Crippen LogP contribution < -0.4 is 26.0 Å². The molecule has 2 saturated heterocycles. The smallest absolute Gasteiger partial charge is 0.251 e. The minimum Gasteiger partial charge on any atom is -0.439 e. The summed E-state index contributed by atoms with van der Waals surface area (Å²) in [6.07, 6.45) is 0. The van der Waals surface area contributed by atoms with Crippen molar-refractivity contribution in [3.8, 4) is 22.3 Å². The minimum absolute atomic E-state index is 0.00189. The van der Waals surface area contributed by atoms with Gasteiger partial charge >= 0.3 is 0 Å². The molecule has 280 valence electrons. The molecule has 4 aromatic heterocycles. The highest BCUT2D eigenvalue weighted by atomic mass is 35.5. The number of amides is 1. The lowest BCUT2D eigenvalue weighted by Crippen LogP contribution is -2.36. The van der Waals surface area contributed by atoms with E-state index in [4.69, 9.17) is 29.9 Å². The summed E-state index contributed by atoms with van der Waals surface area (Å²) in [6.45, 7) is 5.86. The third kappa shape index (κ3) is 8.24. The van der Waals surface area contributed by atoms with E-state index in [1.165, 1.54) is 22.7 Å². The minimum atomic E-state index is -0.128. The molecule has 9 rings (SSSR count). The third-order valence-electron chi connectivity index (χ3n) is 9.42. The average Bonchev–Trinajstić information content (AvgIpc) is 3.87. The summed E-state index contributed by atoms with van der Waals surface area (Å²) in [7, 11) is 0. The molecule has 7 aromatic rings. The fraction of sp³-hybridized carbons (Fsp3) is 0.214. The van der Waals surface area contributed by atoms with Gasteiger partial charge in [0.05, 0.1) is 26.4 Å². The standard InChI is InChI=1S/C25H22N2O4S.C17H14ClNO3S/c28-21-14-22(27-10-12-30-13-11-27)31-23-20(16-32-24(21)23)18-6-8-19(9-7-18)25(29)26-15-17-4-2-1-3-5-17;18-12-3-1-11(2-4-12)13-10-23-17-14(20)9-15(22-16(13)17)19-5-7-21-8-6-19/h1-9,14,16H,10-13,15H2,(H,26,29);1-4,9-10H,5-8H2. The van der Waals surface area contributed by atoms with Gasteiger partial charge in [-0.15, -0.1) is 22.7 Å². The number of halogens is 1. The van der Waals surface area contributed by atoms with Gasteiger partial charge in [0.2, 0.25) is 10.9 Å². The average molecular weight is 794 g/mol. The molecule has 0 atom stereocenters. The van der Waals surface area contributed by atoms with Gasteiger partial charge in [-0.3, -0.25) is 14.4 Å². The van der Waals surface area contributed by atoms with Crippen molar-refractivity contribution in [2.24, 2.45) is 0 Å². The van der Waals surface area contributed by atoms with Gasteiger partial charge in [0, 0.05) is 77.3 Å². The highest BCUT2D eigenvalue weighted by Gasteiger charge is 2.20. The van der Waals surface area contributed by atoms with Crippen LogP contribution in [0.25, 0.3) is 42.8 Å². The Bertz CT molecular complexity index is 2540. The summed E-state index contributed by atoms with van der Waals surface area (Å²) < 4.78 is 24.3. The Hall–Kier alpha value is -5.24. The lowest BCUT2D eigenvalue weighted by Gasteiger charge is -2.27.